The molecule has 1 unspecified atom stereocenters. The molecule has 0 amide bonds. The number of β-amino-alcohol motifs (C(OH)–C–C–N with tert-alkyl or cyclic N) is 1. The minimum absolute atomic E-state index is 0.123. The number of fused-ring (bicyclic) bond motifs is 1. The maximum Gasteiger partial charge on any atom is 0.145 e. The zero-order chi connectivity index (χ0) is 25.9. The van der Waals surface area contributed by atoms with Gasteiger partial charge in [-0.2, -0.15) is 5.10 Å². The summed E-state index contributed by atoms with van der Waals surface area (Å²) < 4.78 is 3.94. The lowest BCUT2D eigenvalue weighted by Gasteiger charge is -2.35. The first-order chi connectivity index (χ1) is 17.9. The van der Waals surface area contributed by atoms with Gasteiger partial charge in [0, 0.05) is 57.1 Å². The number of anilines is 1. The number of aliphatic hydroxyl groups excluding tert-OH is 1. The number of carbonyl (C=O) groups excluding carboxylic acids is 1. The quantitative estimate of drug-likeness (QED) is 0.377. The van der Waals surface area contributed by atoms with Crippen molar-refractivity contribution in [3.63, 3.8) is 0 Å². The van der Waals surface area contributed by atoms with Gasteiger partial charge in [0.1, 0.15) is 23.6 Å². The summed E-state index contributed by atoms with van der Waals surface area (Å²) in [5.41, 5.74) is 4.35. The van der Waals surface area contributed by atoms with Gasteiger partial charge in [0.2, 0.25) is 0 Å². The van der Waals surface area contributed by atoms with E-state index < -0.39 is 6.10 Å². The van der Waals surface area contributed by atoms with Crippen molar-refractivity contribution < 1.29 is 9.90 Å². The molecular formula is C28H35N7O2. The molecule has 0 radical (unpaired) electrons. The molecule has 37 heavy (non-hydrogen) atoms. The van der Waals surface area contributed by atoms with Crippen molar-refractivity contribution >= 4 is 22.6 Å². The Bertz CT molecular complexity index is 1360. The summed E-state index contributed by atoms with van der Waals surface area (Å²) >= 11 is 0. The van der Waals surface area contributed by atoms with Crippen LogP contribution in [0.1, 0.15) is 25.8 Å². The van der Waals surface area contributed by atoms with Crippen LogP contribution in [0.15, 0.2) is 55.2 Å². The van der Waals surface area contributed by atoms with Gasteiger partial charge in [-0.05, 0) is 44.0 Å². The second-order valence-electron chi connectivity index (χ2n) is 10.1. The first-order valence-corrected chi connectivity index (χ1v) is 12.9. The topological polar surface area (TPSA) is 92.3 Å². The zero-order valence-corrected chi connectivity index (χ0v) is 21.8. The Morgan fingerprint density at radius 2 is 1.97 bits per heavy atom. The van der Waals surface area contributed by atoms with Crippen molar-refractivity contribution in [1.82, 2.24) is 29.2 Å². The molecule has 1 saturated heterocycles. The predicted molar refractivity (Wildman–Crippen MR) is 144 cm³/mol. The summed E-state index contributed by atoms with van der Waals surface area (Å²) in [6, 6.07) is 10.7. The molecule has 1 aliphatic heterocycles. The molecular weight excluding hydrogens is 466 g/mol. The predicted octanol–water partition coefficient (Wildman–Crippen LogP) is 3.13. The molecule has 0 saturated carbocycles. The number of ketones is 1. The number of piperidine rings is 1. The first-order valence-electron chi connectivity index (χ1n) is 12.9. The number of likely N-dealkylation sites (tertiary alicyclic amines) is 1. The van der Waals surface area contributed by atoms with Crippen molar-refractivity contribution in [3.8, 4) is 11.1 Å². The van der Waals surface area contributed by atoms with Crippen molar-refractivity contribution in [2.75, 3.05) is 31.1 Å². The Kier molecular flexibility index (Phi) is 7.34. The van der Waals surface area contributed by atoms with E-state index in [0.29, 0.717) is 19.6 Å². The molecule has 4 aromatic rings. The zero-order valence-electron chi connectivity index (χ0n) is 21.8. The van der Waals surface area contributed by atoms with Gasteiger partial charge in [-0.25, -0.2) is 9.97 Å². The number of aryl methyl sites for hydroxylation is 1. The number of benzene rings is 1. The van der Waals surface area contributed by atoms with Gasteiger partial charge in [0.05, 0.1) is 24.2 Å². The number of Topliss-reactive ketones (excluding diaryl/α,β-unsaturated/α-hetero) is 1. The summed E-state index contributed by atoms with van der Waals surface area (Å²) in [5.74, 6) is 1.17. The van der Waals surface area contributed by atoms with Crippen molar-refractivity contribution in [3.05, 3.63) is 60.8 Å². The smallest absolute Gasteiger partial charge is 0.145 e. The minimum atomic E-state index is -0.464. The van der Waals surface area contributed by atoms with Gasteiger partial charge < -0.3 is 14.6 Å². The minimum Gasteiger partial charge on any atom is -0.391 e. The molecule has 0 spiro atoms. The first kappa shape index (κ1) is 25.1. The van der Waals surface area contributed by atoms with E-state index >= 15 is 0 Å². The molecule has 9 nitrogen and oxygen atoms in total. The third-order valence-corrected chi connectivity index (χ3v) is 7.26. The number of rotatable bonds is 9. The van der Waals surface area contributed by atoms with Gasteiger partial charge in [0.15, 0.2) is 0 Å². The van der Waals surface area contributed by atoms with Crippen LogP contribution < -0.4 is 4.90 Å². The molecule has 1 N–H and O–H groups in total. The van der Waals surface area contributed by atoms with Gasteiger partial charge in [-0.3, -0.25) is 14.4 Å². The highest BCUT2D eigenvalue weighted by Crippen LogP contribution is 2.28. The van der Waals surface area contributed by atoms with Crippen molar-refractivity contribution in [2.45, 2.75) is 39.5 Å². The maximum atomic E-state index is 11.5. The van der Waals surface area contributed by atoms with Crippen LogP contribution >= 0.6 is 0 Å². The monoisotopic (exact) mass is 501 g/mol. The number of aromatic nitrogens is 5. The summed E-state index contributed by atoms with van der Waals surface area (Å²) in [5, 5.41) is 16.0. The highest BCUT2D eigenvalue weighted by molar-refractivity contribution is 5.87. The molecule has 0 bridgehead atoms. The molecule has 4 heterocycles. The average Bonchev–Trinajstić information content (AvgIpc) is 3.50. The lowest BCUT2D eigenvalue weighted by molar-refractivity contribution is -0.119. The van der Waals surface area contributed by atoms with Crippen molar-refractivity contribution in [1.29, 1.82) is 0 Å². The lowest BCUT2D eigenvalue weighted by atomic mass is 9.93. The highest BCUT2D eigenvalue weighted by atomic mass is 16.3. The highest BCUT2D eigenvalue weighted by Gasteiger charge is 2.29. The van der Waals surface area contributed by atoms with Crippen LogP contribution in [0, 0.1) is 5.92 Å². The fraction of sp³-hybridized carbons (Fsp3) is 0.429. The maximum absolute atomic E-state index is 11.5. The van der Waals surface area contributed by atoms with E-state index in [1.807, 2.05) is 35.2 Å². The molecule has 5 rings (SSSR count). The second kappa shape index (κ2) is 10.8. The van der Waals surface area contributed by atoms with Gasteiger partial charge >= 0.3 is 0 Å². The molecule has 1 aromatic carbocycles. The second-order valence-corrected chi connectivity index (χ2v) is 10.1. The van der Waals surface area contributed by atoms with Crippen LogP contribution in [0.25, 0.3) is 22.2 Å². The Balaban J connectivity index is 1.31. The fourth-order valence-corrected chi connectivity index (χ4v) is 5.29. The molecule has 1 fully saturated rings. The Hall–Kier alpha value is -3.56. The van der Waals surface area contributed by atoms with Gasteiger partial charge in [-0.15, -0.1) is 0 Å². The summed E-state index contributed by atoms with van der Waals surface area (Å²) in [4.78, 5) is 25.0. The molecule has 3 aromatic heterocycles. The summed E-state index contributed by atoms with van der Waals surface area (Å²) in [7, 11) is 1.92. The van der Waals surface area contributed by atoms with Gasteiger partial charge in [-0.1, -0.05) is 24.3 Å². The van der Waals surface area contributed by atoms with Crippen molar-refractivity contribution in [2.24, 2.45) is 13.0 Å². The third kappa shape index (κ3) is 5.57. The molecule has 9 heteroatoms. The average molecular weight is 502 g/mol. The van der Waals surface area contributed by atoms with Crippen LogP contribution in [0.3, 0.4) is 0 Å². The van der Waals surface area contributed by atoms with Crippen LogP contribution in [0.5, 0.6) is 0 Å². The number of aliphatic hydroxyl groups is 1. The number of hydrogen-bond acceptors (Lipinski definition) is 7. The standard InChI is InChI=1S/C28H35N7O2/c1-4-34(15-21-5-7-22(8-6-21)24-13-31-32(3)16-24)27-25-10-12-35(28(25)30-19-29-27)17-23-9-11-33(14-20(2)36)18-26(23)37/h5-8,10,12-13,16,19,23,26,37H,4,9,11,14-15,17-18H2,1-3H3/t23?,26-/m0/s1. The van der Waals surface area contributed by atoms with E-state index in [9.17, 15) is 9.90 Å². The van der Waals surface area contributed by atoms with Crippen LogP contribution in [0.2, 0.25) is 0 Å². The molecule has 194 valence electrons. The van der Waals surface area contributed by atoms with E-state index in [1.54, 1.807) is 13.3 Å². The molecule has 2 atom stereocenters. The summed E-state index contributed by atoms with van der Waals surface area (Å²) in [6.07, 6.45) is 7.96. The lowest BCUT2D eigenvalue weighted by Crippen LogP contribution is -2.46. The van der Waals surface area contributed by atoms with E-state index in [1.165, 1.54) is 5.56 Å². The Morgan fingerprint density at radius 3 is 2.65 bits per heavy atom. The number of carbonyl (C=O) groups is 1. The SMILES string of the molecule is CCN(Cc1ccc(-c2cnn(C)c2)cc1)c1ncnc2c1ccn2CC1CCN(CC(C)=O)C[C@@H]1O. The number of nitrogens with zero attached hydrogens (tertiary/aromatic N) is 7. The largest absolute Gasteiger partial charge is 0.391 e. The fourth-order valence-electron chi connectivity index (χ4n) is 5.29. The Morgan fingerprint density at radius 1 is 1.16 bits per heavy atom. The third-order valence-electron chi connectivity index (χ3n) is 7.26. The summed E-state index contributed by atoms with van der Waals surface area (Å²) in [6.45, 7) is 7.75. The normalized spacial score (nSPS) is 18.4. The van der Waals surface area contributed by atoms with E-state index in [4.69, 9.17) is 0 Å². The van der Waals surface area contributed by atoms with E-state index in [2.05, 4.69) is 61.8 Å². The van der Waals surface area contributed by atoms with E-state index in [-0.39, 0.29) is 11.7 Å². The molecule has 0 aliphatic carbocycles. The number of hydrogen-bond donors (Lipinski definition) is 1. The Labute approximate surface area is 217 Å². The van der Waals surface area contributed by atoms with Crippen LogP contribution in [0.4, 0.5) is 5.82 Å². The van der Waals surface area contributed by atoms with Crippen LogP contribution in [-0.2, 0) is 24.9 Å². The van der Waals surface area contributed by atoms with E-state index in [0.717, 1.165) is 54.0 Å². The van der Waals surface area contributed by atoms with Gasteiger partial charge in [0.25, 0.3) is 0 Å². The van der Waals surface area contributed by atoms with Crippen LogP contribution in [-0.4, -0.2) is 72.4 Å². The molecule has 1 aliphatic rings.